The molecule has 2 heterocycles. The van der Waals surface area contributed by atoms with Gasteiger partial charge in [-0.15, -0.1) is 11.8 Å². The first kappa shape index (κ1) is 22.9. The highest BCUT2D eigenvalue weighted by atomic mass is 32.2. The van der Waals surface area contributed by atoms with Gasteiger partial charge in [-0.25, -0.2) is 9.37 Å². The lowest BCUT2D eigenvalue weighted by Gasteiger charge is -2.31. The zero-order valence-corrected chi connectivity index (χ0v) is 20.1. The second-order valence-corrected chi connectivity index (χ2v) is 10.2. The first-order valence-electron chi connectivity index (χ1n) is 12.0. The van der Waals surface area contributed by atoms with E-state index in [4.69, 9.17) is 4.98 Å². The van der Waals surface area contributed by atoms with Gasteiger partial charge in [-0.3, -0.25) is 0 Å². The Balaban J connectivity index is 1.23. The van der Waals surface area contributed by atoms with Gasteiger partial charge in [0, 0.05) is 36.2 Å². The Morgan fingerprint density at radius 1 is 0.971 bits per heavy atom. The lowest BCUT2D eigenvalue weighted by molar-refractivity contribution is 0.192. The first-order chi connectivity index (χ1) is 16.6. The molecule has 0 unspecified atom stereocenters. The Labute approximate surface area is 204 Å². The highest BCUT2D eigenvalue weighted by molar-refractivity contribution is 7.99. The van der Waals surface area contributed by atoms with E-state index < -0.39 is 0 Å². The molecule has 6 heteroatoms. The number of phenols is 1. The number of likely N-dealkylation sites (tertiary alicyclic amines) is 1. The van der Waals surface area contributed by atoms with Crippen molar-refractivity contribution < 1.29 is 9.50 Å². The van der Waals surface area contributed by atoms with E-state index in [9.17, 15) is 9.50 Å². The predicted octanol–water partition coefficient (Wildman–Crippen LogP) is 5.98. The number of piperidine rings is 1. The van der Waals surface area contributed by atoms with Crippen molar-refractivity contribution in [2.75, 3.05) is 25.4 Å². The van der Waals surface area contributed by atoms with Gasteiger partial charge in [0.25, 0.3) is 0 Å². The normalized spacial score (nSPS) is 15.2. The highest BCUT2D eigenvalue weighted by Gasteiger charge is 2.22. The average molecular weight is 476 g/mol. The smallest absolute Gasteiger partial charge is 0.123 e. The maximum Gasteiger partial charge on any atom is 0.123 e. The molecule has 0 bridgehead atoms. The molecular formula is C28H30FN3OS. The van der Waals surface area contributed by atoms with Crippen molar-refractivity contribution in [1.82, 2.24) is 14.5 Å². The van der Waals surface area contributed by atoms with Crippen LogP contribution in [0.4, 0.5) is 4.39 Å². The van der Waals surface area contributed by atoms with Gasteiger partial charge in [0.2, 0.25) is 0 Å². The fourth-order valence-corrected chi connectivity index (χ4v) is 5.68. The molecule has 0 atom stereocenters. The van der Waals surface area contributed by atoms with Crippen LogP contribution in [0.1, 0.15) is 24.2 Å². The molecular weight excluding hydrogens is 445 g/mol. The number of aromatic nitrogens is 2. The van der Waals surface area contributed by atoms with Crippen molar-refractivity contribution in [1.29, 1.82) is 0 Å². The van der Waals surface area contributed by atoms with Crippen LogP contribution in [0.2, 0.25) is 0 Å². The number of fused-ring (bicyclic) bond motifs is 1. The standard InChI is InChI=1S/C28H30FN3OS/c29-23-8-6-22(7-9-23)20-32-27-19-24(33)10-11-26(27)30-28(32)18-21-12-14-31(15-13-21)16-17-34-25-4-2-1-3-5-25/h1-11,19,21,33H,12-18,20H2. The average Bonchev–Trinajstić information content (AvgIpc) is 3.18. The molecule has 0 spiro atoms. The topological polar surface area (TPSA) is 41.3 Å². The summed E-state index contributed by atoms with van der Waals surface area (Å²) < 4.78 is 15.6. The SMILES string of the molecule is Oc1ccc2nc(CC3CCN(CCSc4ccccc4)CC3)n(Cc3ccc(F)cc3)c2c1. The molecule has 1 aromatic heterocycles. The van der Waals surface area contributed by atoms with Crippen LogP contribution in [0, 0.1) is 11.7 Å². The van der Waals surface area contributed by atoms with Crippen molar-refractivity contribution in [2.24, 2.45) is 5.92 Å². The molecule has 5 rings (SSSR count). The van der Waals surface area contributed by atoms with Gasteiger partial charge in [-0.05, 0) is 73.8 Å². The van der Waals surface area contributed by atoms with Crippen LogP contribution >= 0.6 is 11.8 Å². The Morgan fingerprint density at radius 3 is 2.50 bits per heavy atom. The molecule has 1 saturated heterocycles. The number of hydrogen-bond acceptors (Lipinski definition) is 4. The molecule has 4 aromatic rings. The van der Waals surface area contributed by atoms with Gasteiger partial charge in [0.15, 0.2) is 0 Å². The van der Waals surface area contributed by atoms with Crippen molar-refractivity contribution in [2.45, 2.75) is 30.7 Å². The molecule has 0 aliphatic carbocycles. The van der Waals surface area contributed by atoms with Crippen LogP contribution in [0.25, 0.3) is 11.0 Å². The van der Waals surface area contributed by atoms with E-state index in [1.165, 1.54) is 29.9 Å². The lowest BCUT2D eigenvalue weighted by Crippen LogP contribution is -2.36. The summed E-state index contributed by atoms with van der Waals surface area (Å²) >= 11 is 1.93. The number of nitrogens with zero attached hydrogens (tertiary/aromatic N) is 3. The molecule has 0 saturated carbocycles. The first-order valence-corrected chi connectivity index (χ1v) is 13.0. The summed E-state index contributed by atoms with van der Waals surface area (Å²) in [6.45, 7) is 3.98. The molecule has 4 nitrogen and oxygen atoms in total. The number of aromatic hydroxyl groups is 1. The number of benzene rings is 3. The van der Waals surface area contributed by atoms with E-state index in [0.717, 1.165) is 54.2 Å². The second-order valence-electron chi connectivity index (χ2n) is 9.06. The monoisotopic (exact) mass is 475 g/mol. The van der Waals surface area contributed by atoms with Gasteiger partial charge >= 0.3 is 0 Å². The summed E-state index contributed by atoms with van der Waals surface area (Å²) in [6.07, 6.45) is 3.26. The Morgan fingerprint density at radius 2 is 1.74 bits per heavy atom. The Bertz CT molecular complexity index is 1220. The van der Waals surface area contributed by atoms with Crippen LogP contribution in [0.15, 0.2) is 77.7 Å². The summed E-state index contributed by atoms with van der Waals surface area (Å²) in [5, 5.41) is 10.1. The van der Waals surface area contributed by atoms with Crippen LogP contribution in [0.3, 0.4) is 0 Å². The van der Waals surface area contributed by atoms with E-state index in [0.29, 0.717) is 12.5 Å². The second kappa shape index (κ2) is 10.6. The van der Waals surface area contributed by atoms with E-state index >= 15 is 0 Å². The maximum atomic E-state index is 13.4. The van der Waals surface area contributed by atoms with Gasteiger partial charge in [-0.1, -0.05) is 30.3 Å². The van der Waals surface area contributed by atoms with E-state index in [2.05, 4.69) is 39.8 Å². The summed E-state index contributed by atoms with van der Waals surface area (Å²) in [7, 11) is 0. The summed E-state index contributed by atoms with van der Waals surface area (Å²) in [5.74, 6) is 2.76. The third kappa shape index (κ3) is 5.62. The highest BCUT2D eigenvalue weighted by Crippen LogP contribution is 2.27. The van der Waals surface area contributed by atoms with E-state index in [1.54, 1.807) is 12.1 Å². The molecule has 1 aliphatic rings. The lowest BCUT2D eigenvalue weighted by atomic mass is 9.93. The minimum atomic E-state index is -0.231. The Kier molecular flexibility index (Phi) is 7.16. The number of phenolic OH excluding ortho intramolecular Hbond substituents is 1. The fourth-order valence-electron chi connectivity index (χ4n) is 4.75. The molecule has 34 heavy (non-hydrogen) atoms. The quantitative estimate of drug-likeness (QED) is 0.319. The predicted molar refractivity (Wildman–Crippen MR) is 137 cm³/mol. The number of hydrogen-bond donors (Lipinski definition) is 1. The van der Waals surface area contributed by atoms with Gasteiger partial charge in [0.1, 0.15) is 17.4 Å². The number of rotatable bonds is 8. The molecule has 176 valence electrons. The minimum Gasteiger partial charge on any atom is -0.508 e. The molecule has 3 aromatic carbocycles. The van der Waals surface area contributed by atoms with Crippen molar-refractivity contribution in [3.05, 3.63) is 90.0 Å². The molecule has 1 N–H and O–H groups in total. The molecule has 0 radical (unpaired) electrons. The van der Waals surface area contributed by atoms with Crippen molar-refractivity contribution >= 4 is 22.8 Å². The number of thioether (sulfide) groups is 1. The van der Waals surface area contributed by atoms with Crippen LogP contribution in [-0.4, -0.2) is 44.9 Å². The van der Waals surface area contributed by atoms with Crippen molar-refractivity contribution in [3.8, 4) is 5.75 Å². The molecule has 0 amide bonds. The Hall–Kier alpha value is -2.83. The van der Waals surface area contributed by atoms with Crippen LogP contribution < -0.4 is 0 Å². The minimum absolute atomic E-state index is 0.231. The van der Waals surface area contributed by atoms with Gasteiger partial charge in [0.05, 0.1) is 11.0 Å². The van der Waals surface area contributed by atoms with E-state index in [1.807, 2.05) is 30.0 Å². The maximum absolute atomic E-state index is 13.4. The largest absolute Gasteiger partial charge is 0.508 e. The van der Waals surface area contributed by atoms with Gasteiger partial charge in [-0.2, -0.15) is 0 Å². The molecule has 1 aliphatic heterocycles. The molecule has 1 fully saturated rings. The number of halogens is 1. The van der Waals surface area contributed by atoms with E-state index in [-0.39, 0.29) is 11.6 Å². The van der Waals surface area contributed by atoms with Crippen molar-refractivity contribution in [3.63, 3.8) is 0 Å². The zero-order chi connectivity index (χ0) is 23.3. The zero-order valence-electron chi connectivity index (χ0n) is 19.2. The summed E-state index contributed by atoms with van der Waals surface area (Å²) in [4.78, 5) is 8.84. The number of imidazole rings is 1. The third-order valence-electron chi connectivity index (χ3n) is 6.66. The third-order valence-corrected chi connectivity index (χ3v) is 7.65. The van der Waals surface area contributed by atoms with Gasteiger partial charge < -0.3 is 14.6 Å². The fraction of sp³-hybridized carbons (Fsp3) is 0.321. The van der Waals surface area contributed by atoms with Crippen LogP contribution in [0.5, 0.6) is 5.75 Å². The van der Waals surface area contributed by atoms with Crippen LogP contribution in [-0.2, 0) is 13.0 Å². The summed E-state index contributed by atoms with van der Waals surface area (Å²) in [6, 6.07) is 22.6. The summed E-state index contributed by atoms with van der Waals surface area (Å²) in [5.41, 5.74) is 2.84.